The molecule has 2 rings (SSSR count). The minimum atomic E-state index is -0.0176. The highest BCUT2D eigenvalue weighted by Gasteiger charge is 2.02. The van der Waals surface area contributed by atoms with Crippen LogP contribution in [0, 0.1) is 0 Å². The zero-order valence-electron chi connectivity index (χ0n) is 9.44. The van der Waals surface area contributed by atoms with Gasteiger partial charge in [0.1, 0.15) is 12.4 Å². The second kappa shape index (κ2) is 6.31. The number of aliphatic hydroxyl groups excluding tert-OH is 1. The molecule has 0 bridgehead atoms. The van der Waals surface area contributed by atoms with E-state index in [1.165, 1.54) is 0 Å². The average Bonchev–Trinajstić information content (AvgIpc) is 2.38. The molecule has 94 valence electrons. The Bertz CT molecular complexity index is 546. The minimum absolute atomic E-state index is 0.0176. The van der Waals surface area contributed by atoms with E-state index in [2.05, 4.69) is 36.8 Å². The molecular weight excluding hydrogens is 362 g/mol. The van der Waals surface area contributed by atoms with Crippen LogP contribution in [0.3, 0.4) is 0 Å². The first-order valence-electron chi connectivity index (χ1n) is 5.30. The Morgan fingerprint density at radius 2 is 2.00 bits per heavy atom. The van der Waals surface area contributed by atoms with E-state index in [1.54, 1.807) is 12.4 Å². The molecule has 0 saturated heterocycles. The highest BCUT2D eigenvalue weighted by atomic mass is 79.9. The number of rotatable bonds is 4. The number of ether oxygens (including phenoxy) is 1. The van der Waals surface area contributed by atoms with E-state index >= 15 is 0 Å². The lowest BCUT2D eigenvalue weighted by molar-refractivity contribution is 0.277. The molecule has 5 heteroatoms. The highest BCUT2D eigenvalue weighted by Crippen LogP contribution is 2.23. The van der Waals surface area contributed by atoms with Crippen molar-refractivity contribution in [3.05, 3.63) is 56.7 Å². The van der Waals surface area contributed by atoms with Crippen molar-refractivity contribution in [2.24, 2.45) is 0 Å². The fourth-order valence-electron chi connectivity index (χ4n) is 1.46. The maximum absolute atomic E-state index is 9.16. The van der Waals surface area contributed by atoms with Gasteiger partial charge in [0, 0.05) is 26.9 Å². The molecule has 0 atom stereocenters. The van der Waals surface area contributed by atoms with Crippen molar-refractivity contribution in [2.45, 2.75) is 13.2 Å². The second-order valence-corrected chi connectivity index (χ2v) is 5.48. The van der Waals surface area contributed by atoms with Crippen molar-refractivity contribution in [2.75, 3.05) is 0 Å². The number of pyridine rings is 1. The normalized spacial score (nSPS) is 10.4. The SMILES string of the molecule is OCc1cc(OCc2cncc(Br)c2)ccc1Br. The van der Waals surface area contributed by atoms with Crippen molar-refractivity contribution in [3.8, 4) is 5.75 Å². The molecule has 1 aromatic carbocycles. The number of hydrogen-bond donors (Lipinski definition) is 1. The molecule has 1 N–H and O–H groups in total. The lowest BCUT2D eigenvalue weighted by Crippen LogP contribution is -1.97. The number of benzene rings is 1. The van der Waals surface area contributed by atoms with Crippen LogP contribution in [0.15, 0.2) is 45.6 Å². The predicted octanol–water partition coefficient (Wildman–Crippen LogP) is 3.68. The summed E-state index contributed by atoms with van der Waals surface area (Å²) in [5.41, 5.74) is 1.79. The third-order valence-corrected chi connectivity index (χ3v) is 3.56. The van der Waals surface area contributed by atoms with Crippen LogP contribution in [-0.4, -0.2) is 10.1 Å². The van der Waals surface area contributed by atoms with Crippen LogP contribution in [0.2, 0.25) is 0 Å². The molecule has 0 unspecified atom stereocenters. The molecule has 0 fully saturated rings. The molecule has 0 aliphatic heterocycles. The van der Waals surface area contributed by atoms with Gasteiger partial charge in [-0.1, -0.05) is 15.9 Å². The second-order valence-electron chi connectivity index (χ2n) is 3.71. The molecule has 0 amide bonds. The minimum Gasteiger partial charge on any atom is -0.489 e. The van der Waals surface area contributed by atoms with Gasteiger partial charge in [0.25, 0.3) is 0 Å². The average molecular weight is 373 g/mol. The quantitative estimate of drug-likeness (QED) is 0.890. The van der Waals surface area contributed by atoms with Crippen LogP contribution in [-0.2, 0) is 13.2 Å². The van der Waals surface area contributed by atoms with Crippen LogP contribution in [0.4, 0.5) is 0 Å². The summed E-state index contributed by atoms with van der Waals surface area (Å²) in [5.74, 6) is 0.724. The lowest BCUT2D eigenvalue weighted by atomic mass is 10.2. The van der Waals surface area contributed by atoms with E-state index in [0.29, 0.717) is 6.61 Å². The molecule has 18 heavy (non-hydrogen) atoms. The largest absolute Gasteiger partial charge is 0.489 e. The Kier molecular flexibility index (Phi) is 4.74. The summed E-state index contributed by atoms with van der Waals surface area (Å²) < 4.78 is 7.45. The number of hydrogen-bond acceptors (Lipinski definition) is 3. The molecule has 3 nitrogen and oxygen atoms in total. The number of halogens is 2. The topological polar surface area (TPSA) is 42.4 Å². The van der Waals surface area contributed by atoms with Gasteiger partial charge in [-0.25, -0.2) is 0 Å². The summed E-state index contributed by atoms with van der Waals surface area (Å²) in [6, 6.07) is 7.49. The van der Waals surface area contributed by atoms with E-state index < -0.39 is 0 Å². The Balaban J connectivity index is 2.06. The van der Waals surface area contributed by atoms with Gasteiger partial charge in [-0.05, 0) is 45.8 Å². The first kappa shape index (κ1) is 13.5. The maximum Gasteiger partial charge on any atom is 0.120 e. The fourth-order valence-corrected chi connectivity index (χ4v) is 2.25. The molecule has 0 radical (unpaired) electrons. The van der Waals surface area contributed by atoms with E-state index in [0.717, 1.165) is 25.8 Å². The van der Waals surface area contributed by atoms with Crippen molar-refractivity contribution in [3.63, 3.8) is 0 Å². The standard InChI is InChI=1S/C13H11Br2NO2/c14-11-3-9(5-16-6-11)8-18-12-1-2-13(15)10(4-12)7-17/h1-6,17H,7-8H2. The van der Waals surface area contributed by atoms with Gasteiger partial charge in [-0.3, -0.25) is 4.98 Å². The van der Waals surface area contributed by atoms with Crippen LogP contribution in [0.25, 0.3) is 0 Å². The monoisotopic (exact) mass is 371 g/mol. The summed E-state index contributed by atoms with van der Waals surface area (Å²) in [6.45, 7) is 0.426. The first-order chi connectivity index (χ1) is 8.69. The molecule has 1 aromatic heterocycles. The zero-order chi connectivity index (χ0) is 13.0. The lowest BCUT2D eigenvalue weighted by Gasteiger charge is -2.08. The zero-order valence-corrected chi connectivity index (χ0v) is 12.6. The van der Waals surface area contributed by atoms with Gasteiger partial charge in [0.2, 0.25) is 0 Å². The Hall–Kier alpha value is -0.910. The molecule has 0 aliphatic carbocycles. The molecule has 0 saturated carbocycles. The third-order valence-electron chi connectivity index (χ3n) is 2.35. The van der Waals surface area contributed by atoms with Crippen molar-refractivity contribution >= 4 is 31.9 Å². The van der Waals surface area contributed by atoms with Gasteiger partial charge in [-0.2, -0.15) is 0 Å². The van der Waals surface area contributed by atoms with E-state index in [1.807, 2.05) is 24.3 Å². The summed E-state index contributed by atoms with van der Waals surface area (Å²) in [6.07, 6.45) is 3.49. The van der Waals surface area contributed by atoms with Gasteiger partial charge >= 0.3 is 0 Å². The summed E-state index contributed by atoms with van der Waals surface area (Å²) in [7, 11) is 0. The van der Waals surface area contributed by atoms with Gasteiger partial charge in [-0.15, -0.1) is 0 Å². The van der Waals surface area contributed by atoms with E-state index in [-0.39, 0.29) is 6.61 Å². The number of aromatic nitrogens is 1. The number of aliphatic hydroxyl groups is 1. The Morgan fingerprint density at radius 1 is 1.17 bits per heavy atom. The summed E-state index contributed by atoms with van der Waals surface area (Å²) >= 11 is 6.73. The predicted molar refractivity (Wildman–Crippen MR) is 76.3 cm³/mol. The van der Waals surface area contributed by atoms with Gasteiger partial charge in [0.15, 0.2) is 0 Å². The first-order valence-corrected chi connectivity index (χ1v) is 6.89. The molecular formula is C13H11Br2NO2. The maximum atomic E-state index is 9.16. The number of nitrogens with zero attached hydrogens (tertiary/aromatic N) is 1. The van der Waals surface area contributed by atoms with Crippen LogP contribution >= 0.6 is 31.9 Å². The molecule has 2 aromatic rings. The van der Waals surface area contributed by atoms with E-state index in [9.17, 15) is 0 Å². The summed E-state index contributed by atoms with van der Waals surface area (Å²) in [4.78, 5) is 4.07. The Labute approximate surface area is 122 Å². The summed E-state index contributed by atoms with van der Waals surface area (Å²) in [5, 5.41) is 9.16. The van der Waals surface area contributed by atoms with Crippen molar-refractivity contribution in [1.29, 1.82) is 0 Å². The molecule has 0 aliphatic rings. The molecule has 1 heterocycles. The van der Waals surface area contributed by atoms with Crippen molar-refractivity contribution in [1.82, 2.24) is 4.98 Å². The van der Waals surface area contributed by atoms with Crippen LogP contribution in [0.1, 0.15) is 11.1 Å². The van der Waals surface area contributed by atoms with Gasteiger partial charge < -0.3 is 9.84 Å². The smallest absolute Gasteiger partial charge is 0.120 e. The van der Waals surface area contributed by atoms with Crippen molar-refractivity contribution < 1.29 is 9.84 Å². The molecule has 0 spiro atoms. The third kappa shape index (κ3) is 3.54. The van der Waals surface area contributed by atoms with Crippen LogP contribution < -0.4 is 4.74 Å². The van der Waals surface area contributed by atoms with Crippen LogP contribution in [0.5, 0.6) is 5.75 Å². The van der Waals surface area contributed by atoms with Gasteiger partial charge in [0.05, 0.1) is 6.61 Å². The fraction of sp³-hybridized carbons (Fsp3) is 0.154. The van der Waals surface area contributed by atoms with E-state index in [4.69, 9.17) is 9.84 Å². The Morgan fingerprint density at radius 3 is 2.72 bits per heavy atom. The highest BCUT2D eigenvalue weighted by molar-refractivity contribution is 9.10.